The fourth-order valence-electron chi connectivity index (χ4n) is 2.33. The van der Waals surface area contributed by atoms with E-state index in [2.05, 4.69) is 20.9 Å². The summed E-state index contributed by atoms with van der Waals surface area (Å²) in [6, 6.07) is -3.36. The minimum absolute atomic E-state index is 0.0755. The van der Waals surface area contributed by atoms with Gasteiger partial charge < -0.3 is 43.4 Å². The highest BCUT2D eigenvalue weighted by molar-refractivity contribution is 7.98. The van der Waals surface area contributed by atoms with E-state index in [1.54, 1.807) is 0 Å². The number of nitrogens with zero attached hydrogens (tertiary/aromatic N) is 1. The molecule has 0 bridgehead atoms. The van der Waals surface area contributed by atoms with Crippen LogP contribution < -0.4 is 33.2 Å². The van der Waals surface area contributed by atoms with Crippen molar-refractivity contribution in [1.82, 2.24) is 16.0 Å². The molecule has 178 valence electrons. The zero-order valence-electron chi connectivity index (χ0n) is 17.7. The van der Waals surface area contributed by atoms with E-state index in [4.69, 9.17) is 17.2 Å². The van der Waals surface area contributed by atoms with Crippen LogP contribution in [-0.2, 0) is 19.2 Å². The second kappa shape index (κ2) is 15.3. The third kappa shape index (κ3) is 12.7. The first-order valence-corrected chi connectivity index (χ1v) is 11.0. The van der Waals surface area contributed by atoms with Gasteiger partial charge in [-0.05, 0) is 38.2 Å². The first-order valence-electron chi connectivity index (χ1n) is 9.57. The van der Waals surface area contributed by atoms with Gasteiger partial charge in [0.05, 0.1) is 18.7 Å². The van der Waals surface area contributed by atoms with E-state index in [0.29, 0.717) is 18.6 Å². The lowest BCUT2D eigenvalue weighted by Gasteiger charge is -2.23. The van der Waals surface area contributed by atoms with Crippen molar-refractivity contribution in [1.29, 1.82) is 0 Å². The molecule has 0 heterocycles. The van der Waals surface area contributed by atoms with E-state index in [1.165, 1.54) is 18.7 Å². The zero-order chi connectivity index (χ0) is 24.0. The Morgan fingerprint density at radius 2 is 1.74 bits per heavy atom. The molecule has 4 atom stereocenters. The number of rotatable bonds is 15. The molecule has 3 amide bonds. The molecule has 0 saturated carbocycles. The van der Waals surface area contributed by atoms with Crippen molar-refractivity contribution in [2.45, 2.75) is 50.4 Å². The average molecular weight is 464 g/mol. The minimum Gasteiger partial charge on any atom is -0.480 e. The monoisotopic (exact) mass is 463 g/mol. The molecular weight excluding hydrogens is 430 g/mol. The lowest BCUT2D eigenvalue weighted by molar-refractivity contribution is -0.142. The van der Waals surface area contributed by atoms with Gasteiger partial charge in [-0.15, -0.1) is 0 Å². The SMILES string of the molecule is CSCCC(N)C(=O)NC(C(=O)NCC(=O)NC(CCCN=C(N)N)C(=O)O)C(C)O. The second-order valence-electron chi connectivity index (χ2n) is 6.74. The van der Waals surface area contributed by atoms with Gasteiger partial charge >= 0.3 is 5.97 Å². The molecule has 0 aromatic heterocycles. The fourth-order valence-corrected chi connectivity index (χ4v) is 2.81. The molecule has 11 N–H and O–H groups in total. The van der Waals surface area contributed by atoms with Gasteiger partial charge in [-0.2, -0.15) is 11.8 Å². The Balaban J connectivity index is 4.68. The van der Waals surface area contributed by atoms with Crippen LogP contribution in [0.25, 0.3) is 0 Å². The molecule has 0 aliphatic heterocycles. The smallest absolute Gasteiger partial charge is 0.326 e. The van der Waals surface area contributed by atoms with Crippen LogP contribution in [-0.4, -0.2) is 89.2 Å². The number of thioether (sulfide) groups is 1. The van der Waals surface area contributed by atoms with E-state index in [9.17, 15) is 29.4 Å². The summed E-state index contributed by atoms with van der Waals surface area (Å²) in [5, 5.41) is 25.9. The van der Waals surface area contributed by atoms with Gasteiger partial charge in [0, 0.05) is 6.54 Å². The van der Waals surface area contributed by atoms with Crippen molar-refractivity contribution >= 4 is 41.4 Å². The van der Waals surface area contributed by atoms with Crippen LogP contribution in [0.2, 0.25) is 0 Å². The Morgan fingerprint density at radius 1 is 1.10 bits per heavy atom. The highest BCUT2D eigenvalue weighted by Gasteiger charge is 2.28. The number of guanidine groups is 1. The summed E-state index contributed by atoms with van der Waals surface area (Å²) in [6.45, 7) is 0.955. The topological polar surface area (TPSA) is 235 Å². The van der Waals surface area contributed by atoms with Gasteiger partial charge in [0.1, 0.15) is 12.1 Å². The summed E-state index contributed by atoms with van der Waals surface area (Å²) in [5.41, 5.74) is 16.1. The number of aliphatic carboxylic acids is 1. The Kier molecular flexibility index (Phi) is 14.0. The predicted molar refractivity (Wildman–Crippen MR) is 117 cm³/mol. The fraction of sp³-hybridized carbons (Fsp3) is 0.706. The predicted octanol–water partition coefficient (Wildman–Crippen LogP) is -3.33. The number of carboxylic acids is 1. The molecule has 0 radical (unpaired) electrons. The van der Waals surface area contributed by atoms with E-state index < -0.39 is 54.5 Å². The first-order chi connectivity index (χ1) is 14.5. The van der Waals surface area contributed by atoms with Crippen molar-refractivity contribution in [3.63, 3.8) is 0 Å². The molecular formula is C17H33N7O6S. The Bertz CT molecular complexity index is 642. The highest BCUT2D eigenvalue weighted by atomic mass is 32.2. The van der Waals surface area contributed by atoms with Crippen LogP contribution in [0.5, 0.6) is 0 Å². The van der Waals surface area contributed by atoms with Crippen molar-refractivity contribution in [2.24, 2.45) is 22.2 Å². The summed E-state index contributed by atoms with van der Waals surface area (Å²) in [4.78, 5) is 51.4. The number of carbonyl (C=O) groups excluding carboxylic acids is 3. The quantitative estimate of drug-likeness (QED) is 0.0683. The van der Waals surface area contributed by atoms with Crippen molar-refractivity contribution in [2.75, 3.05) is 25.1 Å². The van der Waals surface area contributed by atoms with Crippen molar-refractivity contribution in [3.8, 4) is 0 Å². The zero-order valence-corrected chi connectivity index (χ0v) is 18.5. The summed E-state index contributed by atoms with van der Waals surface area (Å²) < 4.78 is 0. The highest BCUT2D eigenvalue weighted by Crippen LogP contribution is 2.01. The van der Waals surface area contributed by atoms with E-state index in [0.717, 1.165) is 0 Å². The summed E-state index contributed by atoms with van der Waals surface area (Å²) in [6.07, 6.45) is 1.40. The van der Waals surface area contributed by atoms with Crippen molar-refractivity contribution in [3.05, 3.63) is 0 Å². The third-order valence-corrected chi connectivity index (χ3v) is 4.68. The summed E-state index contributed by atoms with van der Waals surface area (Å²) >= 11 is 1.51. The number of aliphatic hydroxyl groups is 1. The van der Waals surface area contributed by atoms with E-state index in [1.807, 2.05) is 6.26 Å². The average Bonchev–Trinajstić information content (AvgIpc) is 2.69. The summed E-state index contributed by atoms with van der Waals surface area (Å²) in [7, 11) is 0. The molecule has 4 unspecified atom stereocenters. The maximum absolute atomic E-state index is 12.3. The lowest BCUT2D eigenvalue weighted by atomic mass is 10.1. The Hall–Kier alpha value is -2.58. The van der Waals surface area contributed by atoms with Gasteiger partial charge in [0.15, 0.2) is 5.96 Å². The number of carbonyl (C=O) groups is 4. The minimum atomic E-state index is -1.32. The van der Waals surface area contributed by atoms with Crippen LogP contribution in [0, 0.1) is 0 Å². The number of nitrogens with one attached hydrogen (secondary N) is 3. The number of hydrogen-bond donors (Lipinski definition) is 8. The molecule has 0 saturated heterocycles. The van der Waals surface area contributed by atoms with Crippen LogP contribution in [0.4, 0.5) is 0 Å². The molecule has 0 spiro atoms. The first kappa shape index (κ1) is 28.4. The van der Waals surface area contributed by atoms with Crippen LogP contribution in [0.1, 0.15) is 26.2 Å². The molecule has 13 nitrogen and oxygen atoms in total. The number of hydrogen-bond acceptors (Lipinski definition) is 8. The van der Waals surface area contributed by atoms with Crippen LogP contribution in [0.3, 0.4) is 0 Å². The summed E-state index contributed by atoms with van der Waals surface area (Å²) in [5.74, 6) is -2.89. The van der Waals surface area contributed by atoms with Gasteiger partial charge in [-0.25, -0.2) is 4.79 Å². The number of aliphatic hydroxyl groups excluding tert-OH is 1. The molecule has 0 aliphatic carbocycles. The molecule has 0 rings (SSSR count). The molecule has 0 aromatic rings. The molecule has 0 fully saturated rings. The molecule has 0 aliphatic rings. The maximum Gasteiger partial charge on any atom is 0.326 e. The van der Waals surface area contributed by atoms with E-state index in [-0.39, 0.29) is 18.9 Å². The van der Waals surface area contributed by atoms with Gasteiger partial charge in [-0.1, -0.05) is 0 Å². The normalized spacial score (nSPS) is 14.5. The van der Waals surface area contributed by atoms with Gasteiger partial charge in [0.2, 0.25) is 17.7 Å². The number of nitrogens with two attached hydrogens (primary N) is 3. The standard InChI is InChI=1S/C17H33N7O6S/c1-9(25)13(24-14(27)10(18)5-7-31-2)15(28)22-8-12(26)23-11(16(29)30)4-3-6-21-17(19)20/h9-11,13,25H,3-8,18H2,1-2H3,(H,22,28)(H,23,26)(H,24,27)(H,29,30)(H4,19,20,21). The largest absolute Gasteiger partial charge is 0.480 e. The lowest BCUT2D eigenvalue weighted by Crippen LogP contribution is -2.57. The maximum atomic E-state index is 12.3. The Labute approximate surface area is 185 Å². The third-order valence-electron chi connectivity index (χ3n) is 4.03. The molecule has 0 aromatic carbocycles. The van der Waals surface area contributed by atoms with Crippen molar-refractivity contribution < 1.29 is 29.4 Å². The number of amides is 3. The Morgan fingerprint density at radius 3 is 2.26 bits per heavy atom. The van der Waals surface area contributed by atoms with Crippen LogP contribution in [0.15, 0.2) is 4.99 Å². The molecule has 14 heteroatoms. The number of aliphatic imine (C=N–C) groups is 1. The second-order valence-corrected chi connectivity index (χ2v) is 7.73. The van der Waals surface area contributed by atoms with Crippen LogP contribution >= 0.6 is 11.8 Å². The number of carboxylic acid groups (broad SMARTS) is 1. The van der Waals surface area contributed by atoms with Gasteiger partial charge in [0.25, 0.3) is 0 Å². The van der Waals surface area contributed by atoms with E-state index >= 15 is 0 Å². The molecule has 31 heavy (non-hydrogen) atoms. The van der Waals surface area contributed by atoms with Gasteiger partial charge in [-0.3, -0.25) is 19.4 Å².